The Labute approximate surface area is 214 Å². The number of thioether (sulfide) groups is 1. The summed E-state index contributed by atoms with van der Waals surface area (Å²) in [4.78, 5) is 48.4. The molecule has 0 aliphatic rings. The van der Waals surface area contributed by atoms with Crippen LogP contribution in [0.25, 0.3) is 0 Å². The van der Waals surface area contributed by atoms with Gasteiger partial charge in [0, 0.05) is 43.7 Å². The van der Waals surface area contributed by atoms with Gasteiger partial charge < -0.3 is 30.5 Å². The van der Waals surface area contributed by atoms with Crippen LogP contribution in [0, 0.1) is 11.8 Å². The fourth-order valence-corrected chi connectivity index (χ4v) is 3.95. The lowest BCUT2D eigenvalue weighted by Crippen LogP contribution is -2.46. The Bertz CT molecular complexity index is 636. The molecular weight excluding hydrogens is 474 g/mol. The third-order valence-electron chi connectivity index (χ3n) is 5.44. The molecule has 0 aromatic carbocycles. The van der Waals surface area contributed by atoms with Gasteiger partial charge in [0.1, 0.15) is 0 Å². The standard InChI is InChI=1S/C24H45N3O7S/c1-6-10-33-12-13-34-11-9-22(29)26-15-20(25-4)21(28)14-17(2)23(30)27-18(3)7-8-19(16-35-5)24(31)32/h17-20,25H,6-16H2,1-5H3,(H,26,29)(H,27,30)(H,31,32)/t17-,18+,19?,20+/m1/s1. The number of ether oxygens (including phenoxy) is 2. The van der Waals surface area contributed by atoms with Crippen molar-refractivity contribution in [2.24, 2.45) is 11.8 Å². The van der Waals surface area contributed by atoms with E-state index in [9.17, 15) is 24.3 Å². The molecule has 1 unspecified atom stereocenters. The number of nitrogens with one attached hydrogen (secondary N) is 3. The van der Waals surface area contributed by atoms with Gasteiger partial charge in [-0.05, 0) is 39.5 Å². The van der Waals surface area contributed by atoms with Crippen LogP contribution in [0.3, 0.4) is 0 Å². The molecule has 0 spiro atoms. The number of rotatable bonds is 22. The predicted molar refractivity (Wildman–Crippen MR) is 138 cm³/mol. The number of Topliss-reactive ketones (excluding diaryl/α,β-unsaturated/α-hetero) is 1. The smallest absolute Gasteiger partial charge is 0.307 e. The van der Waals surface area contributed by atoms with Gasteiger partial charge in [0.15, 0.2) is 5.78 Å². The summed E-state index contributed by atoms with van der Waals surface area (Å²) >= 11 is 1.48. The van der Waals surface area contributed by atoms with Crippen LogP contribution in [-0.2, 0) is 28.7 Å². The van der Waals surface area contributed by atoms with Crippen LogP contribution in [0.2, 0.25) is 0 Å². The van der Waals surface area contributed by atoms with Crippen molar-refractivity contribution < 1.29 is 33.8 Å². The van der Waals surface area contributed by atoms with Crippen LogP contribution < -0.4 is 16.0 Å². The lowest BCUT2D eigenvalue weighted by atomic mass is 9.98. The first-order chi connectivity index (χ1) is 16.7. The maximum atomic E-state index is 12.6. The summed E-state index contributed by atoms with van der Waals surface area (Å²) in [6.07, 6.45) is 4.06. The molecule has 0 bridgehead atoms. The van der Waals surface area contributed by atoms with Crippen molar-refractivity contribution in [3.8, 4) is 0 Å². The molecular formula is C24H45N3O7S. The SMILES string of the molecule is CCCOCCOCCC(=O)NC[C@H](NC)C(=O)C[C@@H](C)C(=O)N[C@@H](C)CCC(CSC)C(=O)O. The van der Waals surface area contributed by atoms with Crippen molar-refractivity contribution in [3.05, 3.63) is 0 Å². The Morgan fingerprint density at radius 2 is 1.66 bits per heavy atom. The number of aliphatic carboxylic acids is 1. The number of carbonyl (C=O) groups is 4. The zero-order chi connectivity index (χ0) is 26.6. The largest absolute Gasteiger partial charge is 0.481 e. The van der Waals surface area contributed by atoms with Gasteiger partial charge >= 0.3 is 5.97 Å². The lowest BCUT2D eigenvalue weighted by Gasteiger charge is -2.21. The Morgan fingerprint density at radius 3 is 2.23 bits per heavy atom. The number of carboxylic acid groups (broad SMARTS) is 1. The number of likely N-dealkylation sites (N-methyl/N-ethyl adjacent to an activating group) is 1. The minimum absolute atomic E-state index is 0.0328. The molecule has 0 aromatic heterocycles. The Morgan fingerprint density at radius 1 is 1.00 bits per heavy atom. The number of hydrogen-bond acceptors (Lipinski definition) is 8. The highest BCUT2D eigenvalue weighted by atomic mass is 32.2. The molecule has 4 N–H and O–H groups in total. The fraction of sp³-hybridized carbons (Fsp3) is 0.833. The Balaban J connectivity index is 4.31. The van der Waals surface area contributed by atoms with E-state index in [0.29, 0.717) is 38.4 Å². The van der Waals surface area contributed by atoms with E-state index in [-0.39, 0.29) is 49.6 Å². The van der Waals surface area contributed by atoms with Gasteiger partial charge in [-0.15, -0.1) is 0 Å². The minimum Gasteiger partial charge on any atom is -0.481 e. The summed E-state index contributed by atoms with van der Waals surface area (Å²) in [5.74, 6) is -1.91. The summed E-state index contributed by atoms with van der Waals surface area (Å²) in [6, 6.07) is -0.790. The van der Waals surface area contributed by atoms with Crippen LogP contribution in [0.5, 0.6) is 0 Å². The average Bonchev–Trinajstić information content (AvgIpc) is 2.81. The van der Waals surface area contributed by atoms with Crippen molar-refractivity contribution in [1.29, 1.82) is 0 Å². The number of amides is 2. The number of carboxylic acids is 1. The minimum atomic E-state index is -0.827. The summed E-state index contributed by atoms with van der Waals surface area (Å²) in [6.45, 7) is 7.56. The number of hydrogen-bond donors (Lipinski definition) is 4. The summed E-state index contributed by atoms with van der Waals surface area (Å²) < 4.78 is 10.6. The second-order valence-corrected chi connectivity index (χ2v) is 9.58. The van der Waals surface area contributed by atoms with Gasteiger partial charge in [-0.2, -0.15) is 11.8 Å². The van der Waals surface area contributed by atoms with Gasteiger partial charge in [0.2, 0.25) is 11.8 Å². The molecule has 0 saturated carbocycles. The number of ketones is 1. The molecule has 0 aliphatic carbocycles. The highest BCUT2D eigenvalue weighted by Gasteiger charge is 2.24. The quantitative estimate of drug-likeness (QED) is 0.156. The molecule has 2 amide bonds. The van der Waals surface area contributed by atoms with Crippen LogP contribution in [0.1, 0.15) is 52.9 Å². The predicted octanol–water partition coefficient (Wildman–Crippen LogP) is 1.47. The zero-order valence-electron chi connectivity index (χ0n) is 21.9. The fourth-order valence-electron chi connectivity index (χ4n) is 3.24. The molecule has 10 nitrogen and oxygen atoms in total. The van der Waals surface area contributed by atoms with Crippen molar-refractivity contribution >= 4 is 35.3 Å². The van der Waals surface area contributed by atoms with E-state index < -0.39 is 23.8 Å². The lowest BCUT2D eigenvalue weighted by molar-refractivity contribution is -0.141. The Kier molecular flexibility index (Phi) is 19.5. The highest BCUT2D eigenvalue weighted by Crippen LogP contribution is 2.15. The second kappa shape index (κ2) is 20.5. The molecule has 0 aliphatic heterocycles. The van der Waals surface area contributed by atoms with Gasteiger partial charge in [-0.3, -0.25) is 19.2 Å². The Hall–Kier alpha value is -1.69. The van der Waals surface area contributed by atoms with E-state index in [1.165, 1.54) is 11.8 Å². The summed E-state index contributed by atoms with van der Waals surface area (Å²) in [7, 11) is 1.63. The molecule has 4 atom stereocenters. The first-order valence-electron chi connectivity index (χ1n) is 12.3. The van der Waals surface area contributed by atoms with Gasteiger partial charge in [-0.1, -0.05) is 13.8 Å². The van der Waals surface area contributed by atoms with E-state index in [0.717, 1.165) is 6.42 Å². The third-order valence-corrected chi connectivity index (χ3v) is 6.18. The van der Waals surface area contributed by atoms with Gasteiger partial charge in [0.05, 0.1) is 31.8 Å². The molecule has 0 heterocycles. The van der Waals surface area contributed by atoms with Gasteiger partial charge in [0.25, 0.3) is 0 Å². The molecule has 204 valence electrons. The maximum Gasteiger partial charge on any atom is 0.307 e. The van der Waals surface area contributed by atoms with E-state index in [1.807, 2.05) is 20.1 Å². The molecule has 0 saturated heterocycles. The zero-order valence-corrected chi connectivity index (χ0v) is 22.7. The first kappa shape index (κ1) is 33.3. The van der Waals surface area contributed by atoms with Crippen LogP contribution in [0.15, 0.2) is 0 Å². The third kappa shape index (κ3) is 16.6. The molecule has 0 rings (SSSR count). The van der Waals surface area contributed by atoms with E-state index in [2.05, 4.69) is 16.0 Å². The van der Waals surface area contributed by atoms with Crippen molar-refractivity contribution in [1.82, 2.24) is 16.0 Å². The van der Waals surface area contributed by atoms with Crippen molar-refractivity contribution in [2.75, 3.05) is 52.0 Å². The molecule has 0 aromatic rings. The topological polar surface area (TPSA) is 143 Å². The molecule has 11 heteroatoms. The summed E-state index contributed by atoms with van der Waals surface area (Å²) in [5, 5.41) is 17.7. The van der Waals surface area contributed by atoms with E-state index in [4.69, 9.17) is 9.47 Å². The molecule has 0 fully saturated rings. The van der Waals surface area contributed by atoms with Crippen molar-refractivity contribution in [2.45, 2.75) is 65.0 Å². The normalized spacial score (nSPS) is 14.5. The molecule has 35 heavy (non-hydrogen) atoms. The van der Waals surface area contributed by atoms with Crippen LogP contribution in [0.4, 0.5) is 0 Å². The molecule has 0 radical (unpaired) electrons. The van der Waals surface area contributed by atoms with E-state index in [1.54, 1.807) is 14.0 Å². The van der Waals surface area contributed by atoms with Crippen molar-refractivity contribution in [3.63, 3.8) is 0 Å². The van der Waals surface area contributed by atoms with Crippen LogP contribution in [-0.4, -0.2) is 92.8 Å². The monoisotopic (exact) mass is 519 g/mol. The van der Waals surface area contributed by atoms with E-state index >= 15 is 0 Å². The highest BCUT2D eigenvalue weighted by molar-refractivity contribution is 7.98. The average molecular weight is 520 g/mol. The number of carbonyl (C=O) groups excluding carboxylic acids is 3. The maximum absolute atomic E-state index is 12.6. The first-order valence-corrected chi connectivity index (χ1v) is 13.7. The van der Waals surface area contributed by atoms with Gasteiger partial charge in [-0.25, -0.2) is 0 Å². The summed E-state index contributed by atoms with van der Waals surface area (Å²) in [5.41, 5.74) is 0. The second-order valence-electron chi connectivity index (χ2n) is 8.67. The van der Waals surface area contributed by atoms with Crippen LogP contribution >= 0.6 is 11.8 Å².